The Kier molecular flexibility index (Phi) is 4.39. The van der Waals surface area contributed by atoms with E-state index in [-0.39, 0.29) is 25.2 Å². The first-order chi connectivity index (χ1) is 14.6. The molecule has 0 spiro atoms. The van der Waals surface area contributed by atoms with E-state index >= 15 is 0 Å². The van der Waals surface area contributed by atoms with Gasteiger partial charge in [-0.15, -0.1) is 0 Å². The van der Waals surface area contributed by atoms with E-state index in [1.54, 1.807) is 27.4 Å². The van der Waals surface area contributed by atoms with Crippen molar-refractivity contribution in [2.45, 2.75) is 12.0 Å². The maximum absolute atomic E-state index is 12.5. The van der Waals surface area contributed by atoms with Gasteiger partial charge in [-0.2, -0.15) is 0 Å². The van der Waals surface area contributed by atoms with Crippen molar-refractivity contribution in [2.24, 2.45) is 11.8 Å². The van der Waals surface area contributed by atoms with Gasteiger partial charge in [-0.05, 0) is 41.0 Å². The summed E-state index contributed by atoms with van der Waals surface area (Å²) in [5.74, 6) is 1.13. The predicted octanol–water partition coefficient (Wildman–Crippen LogP) is 2.41. The topological polar surface area (TPSA) is 92.7 Å². The number of rotatable bonds is 4. The average molecular weight is 414 g/mol. The van der Waals surface area contributed by atoms with Crippen molar-refractivity contribution in [1.29, 1.82) is 0 Å². The Balaban J connectivity index is 1.73. The molecular weight excluding hydrogens is 392 g/mol. The summed E-state index contributed by atoms with van der Waals surface area (Å²) in [6.07, 6.45) is -0.979. The molecule has 4 unspecified atom stereocenters. The molecule has 1 saturated heterocycles. The zero-order valence-corrected chi connectivity index (χ0v) is 16.8. The Bertz CT molecular complexity index is 991. The number of aliphatic hydroxyl groups is 1. The third-order valence-corrected chi connectivity index (χ3v) is 6.20. The number of hydrogen-bond acceptors (Lipinski definition) is 8. The number of ether oxygens (including phenoxy) is 6. The number of carbonyl (C=O) groups excluding carboxylic acids is 1. The summed E-state index contributed by atoms with van der Waals surface area (Å²) in [4.78, 5) is 12.5. The third kappa shape index (κ3) is 2.60. The lowest BCUT2D eigenvalue weighted by Gasteiger charge is -2.37. The number of cyclic esters (lactones) is 1. The van der Waals surface area contributed by atoms with Crippen LogP contribution in [-0.4, -0.2) is 45.8 Å². The fraction of sp³-hybridized carbons (Fsp3) is 0.409. The minimum absolute atomic E-state index is 0.123. The van der Waals surface area contributed by atoms with Crippen molar-refractivity contribution in [2.75, 3.05) is 34.7 Å². The van der Waals surface area contributed by atoms with Crippen molar-refractivity contribution in [3.8, 4) is 28.7 Å². The molecule has 0 saturated carbocycles. The fourth-order valence-corrected chi connectivity index (χ4v) is 4.85. The van der Waals surface area contributed by atoms with Gasteiger partial charge in [0.05, 0.1) is 40.0 Å². The summed E-state index contributed by atoms with van der Waals surface area (Å²) in [6, 6.07) is 7.39. The van der Waals surface area contributed by atoms with Gasteiger partial charge in [-0.25, -0.2) is 0 Å². The minimum atomic E-state index is -0.979. The molecule has 1 fully saturated rings. The van der Waals surface area contributed by atoms with E-state index in [0.717, 1.165) is 11.1 Å². The molecule has 8 heteroatoms. The maximum atomic E-state index is 12.5. The molecule has 2 aromatic carbocycles. The zero-order chi connectivity index (χ0) is 21.0. The standard InChI is InChI=1S/C22H22O8/c1-25-16-4-10(5-17(26-2)21(16)27-3)18-11-6-14-15(30-9-29-14)7-12(11)20(23)19-13(18)8-28-22(19)24/h4-7,13,18-20,23H,8-9H2,1-3H3. The largest absolute Gasteiger partial charge is 0.493 e. The molecule has 1 N–H and O–H groups in total. The normalized spacial score (nSPS) is 25.9. The first kappa shape index (κ1) is 18.9. The van der Waals surface area contributed by atoms with Crippen molar-refractivity contribution in [3.63, 3.8) is 0 Å². The van der Waals surface area contributed by atoms with Gasteiger partial charge in [0, 0.05) is 11.8 Å². The second kappa shape index (κ2) is 6.98. The molecule has 2 aliphatic heterocycles. The van der Waals surface area contributed by atoms with Gasteiger partial charge in [-0.3, -0.25) is 4.79 Å². The molecule has 3 aliphatic rings. The average Bonchev–Trinajstić information content (AvgIpc) is 3.38. The molecule has 158 valence electrons. The molecule has 0 bridgehead atoms. The lowest BCUT2D eigenvalue weighted by Crippen LogP contribution is -2.34. The van der Waals surface area contributed by atoms with Crippen LogP contribution in [0.1, 0.15) is 28.7 Å². The molecular formula is C22H22O8. The Labute approximate surface area is 173 Å². The lowest BCUT2D eigenvalue weighted by atomic mass is 9.66. The second-order valence-electron chi connectivity index (χ2n) is 7.54. The van der Waals surface area contributed by atoms with Crippen molar-refractivity contribution >= 4 is 5.97 Å². The first-order valence-corrected chi connectivity index (χ1v) is 9.65. The van der Waals surface area contributed by atoms with Gasteiger partial charge >= 0.3 is 5.97 Å². The molecule has 2 heterocycles. The highest BCUT2D eigenvalue weighted by Crippen LogP contribution is 2.55. The van der Waals surface area contributed by atoms with Crippen LogP contribution in [0.4, 0.5) is 0 Å². The van der Waals surface area contributed by atoms with Crippen molar-refractivity contribution in [1.82, 2.24) is 0 Å². The highest BCUT2D eigenvalue weighted by atomic mass is 16.7. The molecule has 0 radical (unpaired) electrons. The van der Waals surface area contributed by atoms with E-state index < -0.39 is 18.0 Å². The van der Waals surface area contributed by atoms with E-state index in [1.165, 1.54) is 0 Å². The zero-order valence-electron chi connectivity index (χ0n) is 16.8. The second-order valence-corrected chi connectivity index (χ2v) is 7.54. The Morgan fingerprint density at radius 1 is 0.900 bits per heavy atom. The van der Waals surface area contributed by atoms with Gasteiger partial charge in [0.1, 0.15) is 0 Å². The SMILES string of the molecule is COc1cc(C2c3cc4c(cc3C(O)C3C(=O)OCC23)OCO4)cc(OC)c1OC. The van der Waals surface area contributed by atoms with Gasteiger partial charge < -0.3 is 33.5 Å². The van der Waals surface area contributed by atoms with E-state index in [0.29, 0.717) is 34.3 Å². The maximum Gasteiger partial charge on any atom is 0.312 e. The van der Waals surface area contributed by atoms with E-state index in [9.17, 15) is 9.90 Å². The number of fused-ring (bicyclic) bond motifs is 3. The van der Waals surface area contributed by atoms with E-state index in [1.807, 2.05) is 18.2 Å². The number of hydrogen-bond donors (Lipinski definition) is 1. The first-order valence-electron chi connectivity index (χ1n) is 9.65. The number of carbonyl (C=O) groups is 1. The quantitative estimate of drug-likeness (QED) is 0.763. The van der Waals surface area contributed by atoms with Crippen molar-refractivity contribution in [3.05, 3.63) is 41.0 Å². The molecule has 1 aliphatic carbocycles. The minimum Gasteiger partial charge on any atom is -0.493 e. The number of benzene rings is 2. The number of esters is 1. The van der Waals surface area contributed by atoms with Crippen LogP contribution in [0.15, 0.2) is 24.3 Å². The summed E-state index contributed by atoms with van der Waals surface area (Å²) in [7, 11) is 4.66. The van der Waals surface area contributed by atoms with Crippen LogP contribution in [0.5, 0.6) is 28.7 Å². The lowest BCUT2D eigenvalue weighted by molar-refractivity contribution is -0.144. The van der Waals surface area contributed by atoms with Crippen LogP contribution in [0, 0.1) is 11.8 Å². The smallest absolute Gasteiger partial charge is 0.312 e. The Morgan fingerprint density at radius 2 is 1.53 bits per heavy atom. The molecule has 30 heavy (non-hydrogen) atoms. The van der Waals surface area contributed by atoms with Gasteiger partial charge in [0.25, 0.3) is 0 Å². The molecule has 2 aromatic rings. The van der Waals surface area contributed by atoms with Crippen LogP contribution in [0.25, 0.3) is 0 Å². The molecule has 4 atom stereocenters. The highest BCUT2D eigenvalue weighted by Gasteiger charge is 2.52. The van der Waals surface area contributed by atoms with Crippen molar-refractivity contribution < 1.29 is 38.3 Å². The third-order valence-electron chi connectivity index (χ3n) is 6.20. The van der Waals surface area contributed by atoms with E-state index in [2.05, 4.69) is 0 Å². The van der Waals surface area contributed by atoms with E-state index in [4.69, 9.17) is 28.4 Å². The summed E-state index contributed by atoms with van der Waals surface area (Å²) in [5, 5.41) is 11.0. The molecule has 0 aromatic heterocycles. The summed E-state index contributed by atoms with van der Waals surface area (Å²) >= 11 is 0. The van der Waals surface area contributed by atoms with Crippen LogP contribution >= 0.6 is 0 Å². The number of aliphatic hydroxyl groups excluding tert-OH is 1. The van der Waals surface area contributed by atoms with Crippen LogP contribution in [-0.2, 0) is 9.53 Å². The fourth-order valence-electron chi connectivity index (χ4n) is 4.85. The van der Waals surface area contributed by atoms with Crippen LogP contribution in [0.2, 0.25) is 0 Å². The van der Waals surface area contributed by atoms with Gasteiger partial charge in [0.15, 0.2) is 23.0 Å². The van der Waals surface area contributed by atoms with Gasteiger partial charge in [0.2, 0.25) is 12.5 Å². The van der Waals surface area contributed by atoms with Crippen LogP contribution in [0.3, 0.4) is 0 Å². The monoisotopic (exact) mass is 414 g/mol. The highest BCUT2D eigenvalue weighted by molar-refractivity contribution is 5.77. The molecule has 5 rings (SSSR count). The van der Waals surface area contributed by atoms with Gasteiger partial charge in [-0.1, -0.05) is 0 Å². The Morgan fingerprint density at radius 3 is 2.13 bits per heavy atom. The summed E-state index contributed by atoms with van der Waals surface area (Å²) in [6.45, 7) is 0.341. The molecule has 0 amide bonds. The van der Waals surface area contributed by atoms with Crippen LogP contribution < -0.4 is 23.7 Å². The number of methoxy groups -OCH3 is 3. The predicted molar refractivity (Wildman–Crippen MR) is 103 cm³/mol. The molecule has 8 nitrogen and oxygen atoms in total. The summed E-state index contributed by atoms with van der Waals surface area (Å²) < 4.78 is 32.9. The Hall–Kier alpha value is -3.13. The summed E-state index contributed by atoms with van der Waals surface area (Å²) in [5.41, 5.74) is 2.36.